The SMILES string of the molecule is C#Cc1cccc(NC(=O)CN=C(N)NCC2CCCN2CC)c1.I. The molecule has 7 heteroatoms. The first-order chi connectivity index (χ1) is 11.6. The molecule has 1 heterocycles. The van der Waals surface area contributed by atoms with Gasteiger partial charge < -0.3 is 16.4 Å². The van der Waals surface area contributed by atoms with E-state index < -0.39 is 0 Å². The largest absolute Gasteiger partial charge is 0.370 e. The number of likely N-dealkylation sites (N-methyl/N-ethyl adjacent to an activating group) is 1. The minimum atomic E-state index is -0.232. The Morgan fingerprint density at radius 3 is 3.04 bits per heavy atom. The highest BCUT2D eigenvalue weighted by atomic mass is 127. The van der Waals surface area contributed by atoms with Crippen LogP contribution in [-0.2, 0) is 4.79 Å². The van der Waals surface area contributed by atoms with Crippen molar-refractivity contribution < 1.29 is 4.79 Å². The first-order valence-corrected chi connectivity index (χ1v) is 8.26. The first-order valence-electron chi connectivity index (χ1n) is 8.26. The maximum Gasteiger partial charge on any atom is 0.246 e. The van der Waals surface area contributed by atoms with E-state index in [0.717, 1.165) is 25.2 Å². The van der Waals surface area contributed by atoms with Crippen LogP contribution in [0.15, 0.2) is 29.3 Å². The molecule has 0 radical (unpaired) electrons. The molecule has 2 rings (SSSR count). The number of hydrogen-bond donors (Lipinski definition) is 3. The van der Waals surface area contributed by atoms with Gasteiger partial charge in [0.25, 0.3) is 0 Å². The van der Waals surface area contributed by atoms with Crippen molar-refractivity contribution in [2.24, 2.45) is 10.7 Å². The van der Waals surface area contributed by atoms with E-state index in [0.29, 0.717) is 17.7 Å². The van der Waals surface area contributed by atoms with Crippen LogP contribution >= 0.6 is 24.0 Å². The number of anilines is 1. The van der Waals surface area contributed by atoms with Gasteiger partial charge in [-0.2, -0.15) is 0 Å². The Labute approximate surface area is 166 Å². The monoisotopic (exact) mass is 455 g/mol. The van der Waals surface area contributed by atoms with Gasteiger partial charge in [-0.3, -0.25) is 9.69 Å². The van der Waals surface area contributed by atoms with Crippen LogP contribution in [0.4, 0.5) is 5.69 Å². The minimum absolute atomic E-state index is 0. The molecular formula is C18H26IN5O. The van der Waals surface area contributed by atoms with E-state index in [4.69, 9.17) is 12.2 Å². The molecule has 1 aromatic carbocycles. The molecule has 1 aliphatic rings. The smallest absolute Gasteiger partial charge is 0.246 e. The molecule has 25 heavy (non-hydrogen) atoms. The number of nitrogens with two attached hydrogens (primary N) is 1. The molecule has 1 aliphatic heterocycles. The third kappa shape index (κ3) is 6.92. The number of amides is 1. The number of carbonyl (C=O) groups is 1. The van der Waals surface area contributed by atoms with Gasteiger partial charge in [-0.1, -0.05) is 18.9 Å². The summed E-state index contributed by atoms with van der Waals surface area (Å²) >= 11 is 0. The summed E-state index contributed by atoms with van der Waals surface area (Å²) in [5.74, 6) is 2.59. The van der Waals surface area contributed by atoms with Crippen molar-refractivity contribution in [3.63, 3.8) is 0 Å². The summed E-state index contributed by atoms with van der Waals surface area (Å²) in [7, 11) is 0. The zero-order valence-electron chi connectivity index (χ0n) is 14.5. The Bertz CT molecular complexity index is 641. The lowest BCUT2D eigenvalue weighted by atomic mass is 10.2. The number of rotatable bonds is 6. The van der Waals surface area contributed by atoms with Crippen LogP contribution < -0.4 is 16.4 Å². The summed E-state index contributed by atoms with van der Waals surface area (Å²) in [4.78, 5) is 18.4. The lowest BCUT2D eigenvalue weighted by molar-refractivity contribution is -0.114. The molecular weight excluding hydrogens is 429 g/mol. The number of guanidine groups is 1. The molecule has 1 saturated heterocycles. The zero-order chi connectivity index (χ0) is 17.4. The average Bonchev–Trinajstić information content (AvgIpc) is 3.06. The number of hydrogen-bond acceptors (Lipinski definition) is 3. The molecule has 1 amide bonds. The van der Waals surface area contributed by atoms with Gasteiger partial charge in [0.2, 0.25) is 5.91 Å². The van der Waals surface area contributed by atoms with Gasteiger partial charge in [-0.15, -0.1) is 30.4 Å². The summed E-state index contributed by atoms with van der Waals surface area (Å²) < 4.78 is 0. The van der Waals surface area contributed by atoms with Crippen LogP contribution in [0, 0.1) is 12.3 Å². The van der Waals surface area contributed by atoms with Gasteiger partial charge in [-0.25, -0.2) is 4.99 Å². The predicted octanol–water partition coefficient (Wildman–Crippen LogP) is 1.61. The van der Waals surface area contributed by atoms with Crippen molar-refractivity contribution in [1.29, 1.82) is 0 Å². The molecule has 0 aliphatic carbocycles. The Morgan fingerprint density at radius 1 is 1.52 bits per heavy atom. The fourth-order valence-electron chi connectivity index (χ4n) is 2.87. The van der Waals surface area contributed by atoms with E-state index in [1.54, 1.807) is 24.3 Å². The van der Waals surface area contributed by atoms with Crippen LogP contribution in [0.1, 0.15) is 25.3 Å². The molecule has 0 saturated carbocycles. The number of likely N-dealkylation sites (tertiary alicyclic amines) is 1. The minimum Gasteiger partial charge on any atom is -0.370 e. The molecule has 1 unspecified atom stereocenters. The van der Waals surface area contributed by atoms with E-state index >= 15 is 0 Å². The van der Waals surface area contributed by atoms with Crippen LogP contribution in [0.3, 0.4) is 0 Å². The number of benzene rings is 1. The van der Waals surface area contributed by atoms with Gasteiger partial charge in [0.1, 0.15) is 6.54 Å². The second-order valence-corrected chi connectivity index (χ2v) is 5.78. The summed E-state index contributed by atoms with van der Waals surface area (Å²) in [6.07, 6.45) is 7.73. The Kier molecular flexibility index (Phi) is 9.31. The van der Waals surface area contributed by atoms with Crippen LogP contribution in [0.5, 0.6) is 0 Å². The van der Waals surface area contributed by atoms with Gasteiger partial charge in [0.15, 0.2) is 5.96 Å². The summed E-state index contributed by atoms with van der Waals surface area (Å²) in [6, 6.07) is 7.61. The third-order valence-electron chi connectivity index (χ3n) is 4.13. The lowest BCUT2D eigenvalue weighted by Gasteiger charge is -2.23. The highest BCUT2D eigenvalue weighted by Crippen LogP contribution is 2.15. The Balaban J connectivity index is 0.00000312. The normalized spacial score (nSPS) is 17.4. The van der Waals surface area contributed by atoms with Gasteiger partial charge >= 0.3 is 0 Å². The van der Waals surface area contributed by atoms with Gasteiger partial charge in [-0.05, 0) is 44.1 Å². The third-order valence-corrected chi connectivity index (χ3v) is 4.13. The quantitative estimate of drug-likeness (QED) is 0.264. The number of aliphatic imine (C=N–C) groups is 1. The maximum absolute atomic E-state index is 11.9. The number of nitrogens with zero attached hydrogens (tertiary/aromatic N) is 2. The second kappa shape index (κ2) is 10.9. The van der Waals surface area contributed by atoms with Crippen LogP contribution in [0.25, 0.3) is 0 Å². The molecule has 0 bridgehead atoms. The number of carbonyl (C=O) groups excluding carboxylic acids is 1. The van der Waals surface area contributed by atoms with E-state index in [1.165, 1.54) is 12.8 Å². The topological polar surface area (TPSA) is 82.8 Å². The summed E-state index contributed by atoms with van der Waals surface area (Å²) in [5.41, 5.74) is 7.21. The van der Waals surface area contributed by atoms with Crippen molar-refractivity contribution in [3.8, 4) is 12.3 Å². The number of terminal acetylenes is 1. The summed E-state index contributed by atoms with van der Waals surface area (Å²) in [5, 5.41) is 5.86. The highest BCUT2D eigenvalue weighted by molar-refractivity contribution is 14.0. The maximum atomic E-state index is 11.9. The van der Waals surface area contributed by atoms with Gasteiger partial charge in [0, 0.05) is 23.8 Å². The average molecular weight is 455 g/mol. The van der Waals surface area contributed by atoms with E-state index in [2.05, 4.69) is 33.4 Å². The van der Waals surface area contributed by atoms with Crippen LogP contribution in [0.2, 0.25) is 0 Å². The molecule has 6 nitrogen and oxygen atoms in total. The lowest BCUT2D eigenvalue weighted by Crippen LogP contribution is -2.43. The van der Waals surface area contributed by atoms with Crippen molar-refractivity contribution in [2.75, 3.05) is 31.5 Å². The standard InChI is InChI=1S/C18H25N5O.HI/c1-3-14-7-5-8-15(11-14)22-17(24)13-21-18(19)20-12-16-9-6-10-23(16)4-2;/h1,5,7-8,11,16H,4,6,9-10,12-13H2,2H3,(H,22,24)(H3,19,20,21);1H. The fourth-order valence-corrected chi connectivity index (χ4v) is 2.87. The zero-order valence-corrected chi connectivity index (χ0v) is 16.8. The van der Waals surface area contributed by atoms with E-state index in [9.17, 15) is 4.79 Å². The molecule has 0 aromatic heterocycles. The summed E-state index contributed by atoms with van der Waals surface area (Å²) in [6.45, 7) is 5.08. The fraction of sp³-hybridized carbons (Fsp3) is 0.444. The van der Waals surface area contributed by atoms with Crippen molar-refractivity contribution in [1.82, 2.24) is 10.2 Å². The number of nitrogens with one attached hydrogen (secondary N) is 2. The van der Waals surface area contributed by atoms with Crippen LogP contribution in [-0.4, -0.2) is 49.0 Å². The molecule has 136 valence electrons. The van der Waals surface area contributed by atoms with Gasteiger partial charge in [0.05, 0.1) is 0 Å². The predicted molar refractivity (Wildman–Crippen MR) is 113 cm³/mol. The Morgan fingerprint density at radius 2 is 2.32 bits per heavy atom. The Hall–Kier alpha value is -1.79. The number of halogens is 1. The van der Waals surface area contributed by atoms with Crippen molar-refractivity contribution in [2.45, 2.75) is 25.8 Å². The molecule has 4 N–H and O–H groups in total. The first kappa shape index (κ1) is 21.3. The molecule has 1 atom stereocenters. The molecule has 1 aromatic rings. The van der Waals surface area contributed by atoms with E-state index in [1.807, 2.05) is 0 Å². The van der Waals surface area contributed by atoms with Crippen molar-refractivity contribution in [3.05, 3.63) is 29.8 Å². The van der Waals surface area contributed by atoms with E-state index in [-0.39, 0.29) is 36.4 Å². The molecule has 0 spiro atoms. The highest BCUT2D eigenvalue weighted by Gasteiger charge is 2.22. The second-order valence-electron chi connectivity index (χ2n) is 5.78. The van der Waals surface area contributed by atoms with Crippen molar-refractivity contribution >= 4 is 41.5 Å². The molecule has 1 fully saturated rings.